The van der Waals surface area contributed by atoms with E-state index in [2.05, 4.69) is 33.8 Å². The average Bonchev–Trinajstić information content (AvgIpc) is 3.26. The zero-order valence-electron chi connectivity index (χ0n) is 26.0. The van der Waals surface area contributed by atoms with Crippen molar-refractivity contribution in [1.82, 2.24) is 0 Å². The van der Waals surface area contributed by atoms with Gasteiger partial charge in [0.05, 0.1) is 17.6 Å². The normalized spacial score (nSPS) is 36.5. The van der Waals surface area contributed by atoms with Gasteiger partial charge in [0.1, 0.15) is 0 Å². The lowest BCUT2D eigenvalue weighted by molar-refractivity contribution is -0.0836. The van der Waals surface area contributed by atoms with Gasteiger partial charge in [0.2, 0.25) is 0 Å². The molecule has 5 rings (SSSR count). The minimum absolute atomic E-state index is 0.0352. The van der Waals surface area contributed by atoms with Gasteiger partial charge in [-0.3, -0.25) is 4.18 Å². The lowest BCUT2D eigenvalue weighted by atomic mass is 9.46. The fourth-order valence-corrected chi connectivity index (χ4v) is 11.1. The van der Waals surface area contributed by atoms with Gasteiger partial charge in [-0.1, -0.05) is 76.3 Å². The van der Waals surface area contributed by atoms with Crippen LogP contribution in [-0.4, -0.2) is 28.2 Å². The molecule has 40 heavy (non-hydrogen) atoms. The Morgan fingerprint density at radius 1 is 0.975 bits per heavy atom. The van der Waals surface area contributed by atoms with Crippen LogP contribution in [-0.2, 0) is 19.0 Å². The summed E-state index contributed by atoms with van der Waals surface area (Å²) >= 11 is 0. The van der Waals surface area contributed by atoms with Gasteiger partial charge in [-0.15, -0.1) is 0 Å². The largest absolute Gasteiger partial charge is 0.384 e. The van der Waals surface area contributed by atoms with Crippen molar-refractivity contribution in [3.63, 3.8) is 0 Å². The second-order valence-corrected chi connectivity index (χ2v) is 16.3. The fourth-order valence-electron chi connectivity index (χ4n) is 10.00. The first-order valence-corrected chi connectivity index (χ1v) is 17.6. The Morgan fingerprint density at radius 2 is 1.73 bits per heavy atom. The zero-order chi connectivity index (χ0) is 28.7. The lowest BCUT2D eigenvalue weighted by Crippen LogP contribution is -2.53. The van der Waals surface area contributed by atoms with Crippen molar-refractivity contribution in [2.75, 3.05) is 13.7 Å². The molecule has 0 amide bonds. The molecule has 8 atom stereocenters. The average molecular weight is 571 g/mol. The highest BCUT2D eigenvalue weighted by molar-refractivity contribution is 7.86. The molecule has 0 aromatic heterocycles. The predicted octanol–water partition coefficient (Wildman–Crippen LogP) is 8.74. The van der Waals surface area contributed by atoms with Crippen LogP contribution in [0, 0.1) is 53.3 Å². The molecule has 3 fully saturated rings. The molecule has 1 aromatic rings. The van der Waals surface area contributed by atoms with Crippen LogP contribution in [0.1, 0.15) is 104 Å². The van der Waals surface area contributed by atoms with Crippen LogP contribution in [0.25, 0.3) is 0 Å². The first-order valence-electron chi connectivity index (χ1n) is 16.2. The number of benzene rings is 1. The molecule has 1 unspecified atom stereocenters. The molecule has 0 saturated heterocycles. The Hall–Kier alpha value is -1.17. The monoisotopic (exact) mass is 570 g/mol. The van der Waals surface area contributed by atoms with E-state index in [-0.39, 0.29) is 16.4 Å². The number of fused-ring (bicyclic) bond motifs is 5. The second-order valence-electron chi connectivity index (χ2n) is 14.7. The number of hydrogen-bond acceptors (Lipinski definition) is 4. The van der Waals surface area contributed by atoms with Crippen molar-refractivity contribution in [3.05, 3.63) is 41.5 Å². The quantitative estimate of drug-likeness (QED) is 0.208. The van der Waals surface area contributed by atoms with E-state index in [4.69, 9.17) is 8.92 Å². The molecule has 1 aromatic carbocycles. The third-order valence-corrected chi connectivity index (χ3v) is 13.3. The molecule has 4 aliphatic carbocycles. The van der Waals surface area contributed by atoms with Crippen LogP contribution in [0.15, 0.2) is 40.8 Å². The van der Waals surface area contributed by atoms with Crippen LogP contribution in [0.4, 0.5) is 0 Å². The smallest absolute Gasteiger partial charge is 0.297 e. The molecule has 0 N–H and O–H groups in total. The van der Waals surface area contributed by atoms with E-state index in [1.54, 1.807) is 12.1 Å². The Morgan fingerprint density at radius 3 is 2.42 bits per heavy atom. The van der Waals surface area contributed by atoms with Crippen LogP contribution >= 0.6 is 0 Å². The maximum absolute atomic E-state index is 13.1. The van der Waals surface area contributed by atoms with Gasteiger partial charge in [-0.05, 0) is 111 Å². The number of rotatable bonds is 10. The van der Waals surface area contributed by atoms with Gasteiger partial charge in [0.25, 0.3) is 10.1 Å². The molecule has 0 spiro atoms. The molecule has 4 aliphatic rings. The van der Waals surface area contributed by atoms with Crippen LogP contribution in [0.2, 0.25) is 0 Å². The highest BCUT2D eigenvalue weighted by atomic mass is 32.2. The van der Waals surface area contributed by atoms with Crippen LogP contribution in [0.5, 0.6) is 0 Å². The van der Waals surface area contributed by atoms with E-state index in [0.717, 1.165) is 61.0 Å². The number of allylic oxidation sites excluding steroid dienone is 1. The van der Waals surface area contributed by atoms with Crippen molar-refractivity contribution in [1.29, 1.82) is 0 Å². The van der Waals surface area contributed by atoms with E-state index in [9.17, 15) is 8.42 Å². The van der Waals surface area contributed by atoms with Gasteiger partial charge in [0, 0.05) is 12.5 Å². The minimum atomic E-state index is -3.77. The Labute approximate surface area is 244 Å². The molecule has 3 saturated carbocycles. The van der Waals surface area contributed by atoms with Crippen molar-refractivity contribution in [2.24, 2.45) is 46.3 Å². The highest BCUT2D eigenvalue weighted by Crippen LogP contribution is 2.67. The summed E-state index contributed by atoms with van der Waals surface area (Å²) in [6, 6.07) is 6.99. The van der Waals surface area contributed by atoms with Gasteiger partial charge in [-0.2, -0.15) is 8.42 Å². The van der Waals surface area contributed by atoms with Crippen molar-refractivity contribution >= 4 is 10.1 Å². The second kappa shape index (κ2) is 11.8. The fraction of sp³-hybridized carbons (Fsp3) is 0.771. The summed E-state index contributed by atoms with van der Waals surface area (Å²) in [6.45, 7) is 12.6. The summed E-state index contributed by atoms with van der Waals surface area (Å²) in [7, 11) is -1.93. The number of ether oxygens (including phenoxy) is 1. The summed E-state index contributed by atoms with van der Waals surface area (Å²) < 4.78 is 38.0. The minimum Gasteiger partial charge on any atom is -0.384 e. The maximum Gasteiger partial charge on any atom is 0.297 e. The molecular weight excluding hydrogens is 516 g/mol. The summed E-state index contributed by atoms with van der Waals surface area (Å²) in [6.07, 6.45) is 15.3. The van der Waals surface area contributed by atoms with Gasteiger partial charge in [0.15, 0.2) is 0 Å². The zero-order valence-corrected chi connectivity index (χ0v) is 26.8. The predicted molar refractivity (Wildman–Crippen MR) is 162 cm³/mol. The molecule has 0 aliphatic heterocycles. The SMILES string of the molecule is COC[C@]12CCC(OS(=O)(=O)c3ccc(C)cc3)CC1=CC[C@@H]1[C@@H]2CC[C@]2(C)[C@@H]([C@H](C)CCCC(C)C)CC[C@@H]12. The van der Waals surface area contributed by atoms with Crippen LogP contribution in [0.3, 0.4) is 0 Å². The van der Waals surface area contributed by atoms with E-state index in [1.807, 2.05) is 26.2 Å². The topological polar surface area (TPSA) is 52.6 Å². The maximum atomic E-state index is 13.1. The van der Waals surface area contributed by atoms with Gasteiger partial charge >= 0.3 is 0 Å². The van der Waals surface area contributed by atoms with E-state index < -0.39 is 10.1 Å². The number of hydrogen-bond donors (Lipinski definition) is 0. The van der Waals surface area contributed by atoms with Crippen molar-refractivity contribution < 1.29 is 17.3 Å². The molecule has 0 heterocycles. The standard InChI is InChI=1S/C35H54O4S/c1-24(2)8-7-9-26(4)31-16-17-32-30-15-12-27-22-28(39-40(36,37)29-13-10-25(3)11-14-29)18-21-35(27,23-38-6)33(30)19-20-34(31,32)5/h10-14,24,26,28,30-33H,7-9,15-23H2,1-6H3/t26-,28?,30+,31-,32+,33+,34-,35-/m1/s1. The summed E-state index contributed by atoms with van der Waals surface area (Å²) in [5.41, 5.74) is 2.94. The van der Waals surface area contributed by atoms with Crippen molar-refractivity contribution in [3.8, 4) is 0 Å². The van der Waals surface area contributed by atoms with E-state index >= 15 is 0 Å². The third kappa shape index (κ3) is 5.61. The Bertz CT molecular complexity index is 1150. The molecule has 4 nitrogen and oxygen atoms in total. The molecule has 0 bridgehead atoms. The summed E-state index contributed by atoms with van der Waals surface area (Å²) in [4.78, 5) is 0.255. The van der Waals surface area contributed by atoms with Crippen LogP contribution < -0.4 is 0 Å². The highest BCUT2D eigenvalue weighted by Gasteiger charge is 2.60. The number of methoxy groups -OCH3 is 1. The molecule has 224 valence electrons. The third-order valence-electron chi connectivity index (χ3n) is 12.0. The number of aryl methyl sites for hydroxylation is 1. The molecule has 0 radical (unpaired) electrons. The first kappa shape index (κ1) is 30.3. The van der Waals surface area contributed by atoms with Gasteiger partial charge < -0.3 is 4.74 Å². The first-order chi connectivity index (χ1) is 19.0. The van der Waals surface area contributed by atoms with Crippen molar-refractivity contribution in [2.45, 2.75) is 116 Å². The van der Waals surface area contributed by atoms with E-state index in [1.165, 1.54) is 50.5 Å². The summed E-state index contributed by atoms with van der Waals surface area (Å²) in [5, 5.41) is 0. The summed E-state index contributed by atoms with van der Waals surface area (Å²) in [5.74, 6) is 4.63. The van der Waals surface area contributed by atoms with Gasteiger partial charge in [-0.25, -0.2) is 0 Å². The molecule has 5 heteroatoms. The molecular formula is C35H54O4S. The van der Waals surface area contributed by atoms with E-state index in [0.29, 0.717) is 17.8 Å². The Kier molecular flexibility index (Phi) is 8.97. The lowest BCUT2D eigenvalue weighted by Gasteiger charge is -2.59. The Balaban J connectivity index is 1.32.